The number of oxazole rings is 1. The summed E-state index contributed by atoms with van der Waals surface area (Å²) < 4.78 is 6.57. The van der Waals surface area contributed by atoms with Crippen LogP contribution in [-0.4, -0.2) is 4.98 Å². The standard InChI is InChI=1S/C11H11BrN2O/c1-7-11(15-10(6-13)14-7)8-3-2-4-9(12)5-8/h2-5H,6,13H2,1H3. The van der Waals surface area contributed by atoms with E-state index in [9.17, 15) is 0 Å². The minimum absolute atomic E-state index is 0.328. The molecule has 1 heterocycles. The van der Waals surface area contributed by atoms with Crippen molar-refractivity contribution >= 4 is 15.9 Å². The molecule has 0 atom stereocenters. The smallest absolute Gasteiger partial charge is 0.208 e. The molecule has 4 heteroatoms. The Balaban J connectivity index is 2.48. The first kappa shape index (κ1) is 10.4. The van der Waals surface area contributed by atoms with Gasteiger partial charge in [-0.15, -0.1) is 0 Å². The molecule has 3 nitrogen and oxygen atoms in total. The minimum Gasteiger partial charge on any atom is -0.439 e. The first-order valence-electron chi connectivity index (χ1n) is 4.63. The van der Waals surface area contributed by atoms with Crippen LogP contribution in [0, 0.1) is 6.92 Å². The van der Waals surface area contributed by atoms with Crippen LogP contribution in [0.2, 0.25) is 0 Å². The van der Waals surface area contributed by atoms with Gasteiger partial charge in [0.1, 0.15) is 0 Å². The van der Waals surface area contributed by atoms with Crippen LogP contribution in [0.25, 0.3) is 11.3 Å². The second-order valence-corrected chi connectivity index (χ2v) is 4.15. The predicted molar refractivity (Wildman–Crippen MR) is 62.3 cm³/mol. The summed E-state index contributed by atoms with van der Waals surface area (Å²) in [5.41, 5.74) is 7.35. The van der Waals surface area contributed by atoms with Gasteiger partial charge in [0.2, 0.25) is 5.89 Å². The molecule has 0 unspecified atom stereocenters. The summed E-state index contributed by atoms with van der Waals surface area (Å²) in [6.45, 7) is 2.24. The molecule has 0 aliphatic carbocycles. The monoisotopic (exact) mass is 266 g/mol. The molecule has 1 aromatic carbocycles. The van der Waals surface area contributed by atoms with E-state index in [1.165, 1.54) is 0 Å². The SMILES string of the molecule is Cc1nc(CN)oc1-c1cccc(Br)c1. The number of hydrogen-bond acceptors (Lipinski definition) is 3. The molecule has 2 aromatic rings. The van der Waals surface area contributed by atoms with Gasteiger partial charge in [-0.3, -0.25) is 0 Å². The molecule has 0 saturated carbocycles. The highest BCUT2D eigenvalue weighted by atomic mass is 79.9. The number of benzene rings is 1. The average molecular weight is 267 g/mol. The van der Waals surface area contributed by atoms with Gasteiger partial charge < -0.3 is 10.2 Å². The van der Waals surface area contributed by atoms with Crippen molar-refractivity contribution in [1.29, 1.82) is 0 Å². The normalized spacial score (nSPS) is 10.6. The van der Waals surface area contributed by atoms with Gasteiger partial charge in [0.05, 0.1) is 12.2 Å². The van der Waals surface area contributed by atoms with E-state index in [4.69, 9.17) is 10.2 Å². The molecule has 0 amide bonds. The van der Waals surface area contributed by atoms with Crippen LogP contribution in [0.4, 0.5) is 0 Å². The van der Waals surface area contributed by atoms with E-state index in [1.54, 1.807) is 0 Å². The fourth-order valence-electron chi connectivity index (χ4n) is 1.44. The summed E-state index contributed by atoms with van der Waals surface area (Å²) in [5.74, 6) is 1.36. The van der Waals surface area contributed by atoms with Crippen LogP contribution in [0.15, 0.2) is 33.2 Å². The Morgan fingerprint density at radius 1 is 1.47 bits per heavy atom. The highest BCUT2D eigenvalue weighted by molar-refractivity contribution is 9.10. The van der Waals surface area contributed by atoms with Crippen molar-refractivity contribution in [2.45, 2.75) is 13.5 Å². The van der Waals surface area contributed by atoms with E-state index in [0.717, 1.165) is 21.5 Å². The molecule has 0 bridgehead atoms. The Morgan fingerprint density at radius 2 is 2.27 bits per heavy atom. The number of hydrogen-bond donors (Lipinski definition) is 1. The molecule has 0 saturated heterocycles. The third-order valence-corrected chi connectivity index (χ3v) is 2.60. The van der Waals surface area contributed by atoms with E-state index in [2.05, 4.69) is 20.9 Å². The van der Waals surface area contributed by atoms with Crippen molar-refractivity contribution in [2.24, 2.45) is 5.73 Å². The van der Waals surface area contributed by atoms with E-state index in [0.29, 0.717) is 12.4 Å². The Labute approximate surface area is 96.4 Å². The number of nitrogens with zero attached hydrogens (tertiary/aromatic N) is 1. The lowest BCUT2D eigenvalue weighted by atomic mass is 10.1. The number of aromatic nitrogens is 1. The second kappa shape index (κ2) is 4.16. The Bertz CT molecular complexity index is 479. The lowest BCUT2D eigenvalue weighted by Crippen LogP contribution is -1.95. The highest BCUT2D eigenvalue weighted by Crippen LogP contribution is 2.26. The van der Waals surface area contributed by atoms with Gasteiger partial charge in [-0.1, -0.05) is 28.1 Å². The lowest BCUT2D eigenvalue weighted by Gasteiger charge is -1.98. The molecule has 1 aromatic heterocycles. The molecular formula is C11H11BrN2O. The zero-order valence-electron chi connectivity index (χ0n) is 8.33. The second-order valence-electron chi connectivity index (χ2n) is 3.24. The zero-order chi connectivity index (χ0) is 10.8. The molecular weight excluding hydrogens is 256 g/mol. The van der Waals surface area contributed by atoms with E-state index >= 15 is 0 Å². The summed E-state index contributed by atoms with van der Waals surface area (Å²) in [6.07, 6.45) is 0. The number of rotatable bonds is 2. The van der Waals surface area contributed by atoms with E-state index in [-0.39, 0.29) is 0 Å². The van der Waals surface area contributed by atoms with Crippen molar-refractivity contribution < 1.29 is 4.42 Å². The topological polar surface area (TPSA) is 52.0 Å². The lowest BCUT2D eigenvalue weighted by molar-refractivity contribution is 0.509. The highest BCUT2D eigenvalue weighted by Gasteiger charge is 2.10. The van der Waals surface area contributed by atoms with Crippen molar-refractivity contribution in [2.75, 3.05) is 0 Å². The summed E-state index contributed by atoms with van der Waals surface area (Å²) in [4.78, 5) is 4.23. The number of halogens is 1. The van der Waals surface area contributed by atoms with Crippen molar-refractivity contribution in [3.05, 3.63) is 40.3 Å². The van der Waals surface area contributed by atoms with Crippen molar-refractivity contribution in [1.82, 2.24) is 4.98 Å². The van der Waals surface area contributed by atoms with Crippen LogP contribution in [-0.2, 0) is 6.54 Å². The third kappa shape index (κ3) is 2.11. The molecule has 0 spiro atoms. The number of aryl methyl sites for hydroxylation is 1. The fraction of sp³-hybridized carbons (Fsp3) is 0.182. The molecule has 0 fully saturated rings. The van der Waals surface area contributed by atoms with Gasteiger partial charge in [0.25, 0.3) is 0 Å². The molecule has 2 rings (SSSR count). The van der Waals surface area contributed by atoms with Crippen LogP contribution in [0.3, 0.4) is 0 Å². The van der Waals surface area contributed by atoms with Gasteiger partial charge in [-0.2, -0.15) is 0 Å². The Hall–Kier alpha value is -1.13. The predicted octanol–water partition coefficient (Wildman–Crippen LogP) is 2.87. The van der Waals surface area contributed by atoms with E-state index < -0.39 is 0 Å². The summed E-state index contributed by atoms with van der Waals surface area (Å²) >= 11 is 3.42. The molecule has 15 heavy (non-hydrogen) atoms. The average Bonchev–Trinajstić information content (AvgIpc) is 2.60. The van der Waals surface area contributed by atoms with Crippen molar-refractivity contribution in [3.63, 3.8) is 0 Å². The number of nitrogens with two attached hydrogens (primary N) is 1. The summed E-state index contributed by atoms with van der Waals surface area (Å²) in [5, 5.41) is 0. The molecule has 78 valence electrons. The van der Waals surface area contributed by atoms with Gasteiger partial charge in [0.15, 0.2) is 5.76 Å². The quantitative estimate of drug-likeness (QED) is 0.910. The van der Waals surface area contributed by atoms with Crippen LogP contribution >= 0.6 is 15.9 Å². The maximum atomic E-state index is 5.55. The van der Waals surface area contributed by atoms with Crippen molar-refractivity contribution in [3.8, 4) is 11.3 Å². The maximum Gasteiger partial charge on any atom is 0.208 e. The Morgan fingerprint density at radius 3 is 2.87 bits per heavy atom. The first-order chi connectivity index (χ1) is 7.20. The summed E-state index contributed by atoms with van der Waals surface area (Å²) in [7, 11) is 0. The van der Waals surface area contributed by atoms with Gasteiger partial charge >= 0.3 is 0 Å². The third-order valence-electron chi connectivity index (χ3n) is 2.10. The molecule has 2 N–H and O–H groups in total. The van der Waals surface area contributed by atoms with Crippen LogP contribution < -0.4 is 5.73 Å². The first-order valence-corrected chi connectivity index (χ1v) is 5.42. The maximum absolute atomic E-state index is 5.55. The fourth-order valence-corrected chi connectivity index (χ4v) is 1.84. The molecule has 0 radical (unpaired) electrons. The van der Waals surface area contributed by atoms with Crippen LogP contribution in [0.1, 0.15) is 11.6 Å². The largest absolute Gasteiger partial charge is 0.439 e. The van der Waals surface area contributed by atoms with Gasteiger partial charge in [0, 0.05) is 10.0 Å². The van der Waals surface area contributed by atoms with Gasteiger partial charge in [-0.05, 0) is 19.1 Å². The van der Waals surface area contributed by atoms with Gasteiger partial charge in [-0.25, -0.2) is 4.98 Å². The Kier molecular flexibility index (Phi) is 2.88. The molecule has 0 aliphatic heterocycles. The summed E-state index contributed by atoms with van der Waals surface area (Å²) in [6, 6.07) is 7.91. The minimum atomic E-state index is 0.328. The van der Waals surface area contributed by atoms with Crippen LogP contribution in [0.5, 0.6) is 0 Å². The zero-order valence-corrected chi connectivity index (χ0v) is 9.91. The molecule has 0 aliphatic rings. The van der Waals surface area contributed by atoms with E-state index in [1.807, 2.05) is 31.2 Å².